The summed E-state index contributed by atoms with van der Waals surface area (Å²) >= 11 is 3.53. The zero-order chi connectivity index (χ0) is 12.1. The molecular weight excluding hydrogens is 268 g/mol. The van der Waals surface area contributed by atoms with E-state index < -0.39 is 5.97 Å². The van der Waals surface area contributed by atoms with Gasteiger partial charge in [0.1, 0.15) is 0 Å². The highest BCUT2D eigenvalue weighted by atomic mass is 79.9. The van der Waals surface area contributed by atoms with Gasteiger partial charge in [0.15, 0.2) is 0 Å². The van der Waals surface area contributed by atoms with Crippen LogP contribution in [-0.4, -0.2) is 5.97 Å². The van der Waals surface area contributed by atoms with Gasteiger partial charge in [-0.05, 0) is 36.2 Å². The summed E-state index contributed by atoms with van der Waals surface area (Å²) in [6, 6.07) is 12.6. The largest absolute Gasteiger partial charge is 0.550 e. The lowest BCUT2D eigenvalue weighted by Crippen LogP contribution is -2.16. The Morgan fingerprint density at radius 1 is 1.12 bits per heavy atom. The zero-order valence-corrected chi connectivity index (χ0v) is 10.7. The third-order valence-corrected chi connectivity index (χ3v) is 2.78. The molecule has 0 saturated carbocycles. The molecule has 0 spiro atoms. The quantitative estimate of drug-likeness (QED) is 0.744. The predicted octanol–water partition coefficient (Wildman–Crippen LogP) is 2.67. The molecule has 0 aliphatic carbocycles. The number of aliphatic carboxylic acids is 1. The van der Waals surface area contributed by atoms with Crippen molar-refractivity contribution in [1.29, 1.82) is 0 Å². The molecule has 84 valence electrons. The van der Waals surface area contributed by atoms with E-state index in [4.69, 9.17) is 9.90 Å². The van der Waals surface area contributed by atoms with Crippen molar-refractivity contribution in [3.05, 3.63) is 46.4 Å². The molecule has 2 aromatic rings. The Kier molecular flexibility index (Phi) is 4.50. The Bertz CT molecular complexity index is 462. The molecule has 0 saturated heterocycles. The molecule has 0 aliphatic rings. The minimum absolute atomic E-state index is 0.972. The van der Waals surface area contributed by atoms with Crippen molar-refractivity contribution >= 4 is 32.7 Å². The van der Waals surface area contributed by atoms with Crippen molar-refractivity contribution in [3.63, 3.8) is 0 Å². The second-order valence-corrected chi connectivity index (χ2v) is 4.26. The van der Waals surface area contributed by atoms with E-state index in [1.807, 2.05) is 0 Å². The maximum absolute atomic E-state index is 8.89. The fourth-order valence-corrected chi connectivity index (χ4v) is 1.89. The van der Waals surface area contributed by atoms with E-state index >= 15 is 0 Å². The van der Waals surface area contributed by atoms with Crippen LogP contribution in [0.2, 0.25) is 0 Å². The number of benzene rings is 2. The molecular formula is C13H12BrO2-. The highest BCUT2D eigenvalue weighted by Crippen LogP contribution is 2.25. The summed E-state index contributed by atoms with van der Waals surface area (Å²) in [6.07, 6.45) is 0. The van der Waals surface area contributed by atoms with Crippen LogP contribution in [0, 0.1) is 6.92 Å². The third kappa shape index (κ3) is 3.35. The first-order chi connectivity index (χ1) is 7.52. The molecule has 0 atom stereocenters. The van der Waals surface area contributed by atoms with E-state index in [1.165, 1.54) is 20.8 Å². The van der Waals surface area contributed by atoms with Gasteiger partial charge >= 0.3 is 0 Å². The number of fused-ring (bicyclic) bond motifs is 1. The Hall–Kier alpha value is -1.35. The first-order valence-electron chi connectivity index (χ1n) is 4.84. The number of carbonyl (C=O) groups excluding carboxylic acids is 1. The van der Waals surface area contributed by atoms with E-state index in [-0.39, 0.29) is 0 Å². The van der Waals surface area contributed by atoms with Crippen LogP contribution in [0.3, 0.4) is 0 Å². The fraction of sp³-hybridized carbons (Fsp3) is 0.154. The van der Waals surface area contributed by atoms with Crippen LogP contribution in [0.25, 0.3) is 10.8 Å². The van der Waals surface area contributed by atoms with E-state index in [0.717, 1.165) is 6.92 Å². The number of carbonyl (C=O) groups is 1. The van der Waals surface area contributed by atoms with Gasteiger partial charge in [0.05, 0.1) is 0 Å². The number of rotatable bonds is 0. The van der Waals surface area contributed by atoms with Gasteiger partial charge in [-0.1, -0.05) is 46.3 Å². The topological polar surface area (TPSA) is 40.1 Å². The molecule has 0 unspecified atom stereocenters. The van der Waals surface area contributed by atoms with Crippen LogP contribution < -0.4 is 5.11 Å². The van der Waals surface area contributed by atoms with Gasteiger partial charge in [-0.2, -0.15) is 0 Å². The average Bonchev–Trinajstić information content (AvgIpc) is 2.23. The van der Waals surface area contributed by atoms with Gasteiger partial charge in [-0.25, -0.2) is 0 Å². The van der Waals surface area contributed by atoms with Gasteiger partial charge in [0.25, 0.3) is 0 Å². The van der Waals surface area contributed by atoms with Crippen LogP contribution in [0.15, 0.2) is 40.9 Å². The lowest BCUT2D eigenvalue weighted by atomic mass is 10.1. The molecule has 2 rings (SSSR count). The predicted molar refractivity (Wildman–Crippen MR) is 67.1 cm³/mol. The van der Waals surface area contributed by atoms with Crippen molar-refractivity contribution in [3.8, 4) is 0 Å². The van der Waals surface area contributed by atoms with E-state index in [0.29, 0.717) is 0 Å². The second kappa shape index (κ2) is 5.66. The summed E-state index contributed by atoms with van der Waals surface area (Å²) in [4.78, 5) is 8.89. The molecule has 0 N–H and O–H groups in total. The second-order valence-electron chi connectivity index (χ2n) is 3.40. The fourth-order valence-electron chi connectivity index (χ4n) is 1.41. The first-order valence-corrected chi connectivity index (χ1v) is 5.63. The number of carboxylic acids is 1. The van der Waals surface area contributed by atoms with Crippen molar-refractivity contribution in [2.45, 2.75) is 13.8 Å². The molecule has 0 aromatic heterocycles. The summed E-state index contributed by atoms with van der Waals surface area (Å²) in [6.45, 7) is 3.11. The third-order valence-electron chi connectivity index (χ3n) is 2.09. The van der Waals surface area contributed by atoms with Crippen LogP contribution in [0.1, 0.15) is 12.5 Å². The lowest BCUT2D eigenvalue weighted by molar-refractivity contribution is -0.302. The maximum Gasteiger partial charge on any atom is 0.0383 e. The van der Waals surface area contributed by atoms with Gasteiger partial charge < -0.3 is 9.90 Å². The Labute approximate surface area is 103 Å². The maximum atomic E-state index is 8.89. The van der Waals surface area contributed by atoms with Crippen LogP contribution in [0.5, 0.6) is 0 Å². The smallest absolute Gasteiger partial charge is 0.0383 e. The zero-order valence-electron chi connectivity index (χ0n) is 9.16. The van der Waals surface area contributed by atoms with Gasteiger partial charge in [0, 0.05) is 10.4 Å². The molecule has 0 amide bonds. The summed E-state index contributed by atoms with van der Waals surface area (Å²) < 4.78 is 1.17. The van der Waals surface area contributed by atoms with Crippen LogP contribution >= 0.6 is 15.9 Å². The molecule has 3 heteroatoms. The molecule has 16 heavy (non-hydrogen) atoms. The van der Waals surface area contributed by atoms with Crippen molar-refractivity contribution in [1.82, 2.24) is 0 Å². The number of hydrogen-bond acceptors (Lipinski definition) is 2. The van der Waals surface area contributed by atoms with Crippen molar-refractivity contribution in [2.24, 2.45) is 0 Å². The van der Waals surface area contributed by atoms with Crippen LogP contribution in [0.4, 0.5) is 0 Å². The highest BCUT2D eigenvalue weighted by molar-refractivity contribution is 9.10. The minimum atomic E-state index is -1.08. The molecule has 0 radical (unpaired) electrons. The standard InChI is InChI=1S/C11H9Br.C2H4O2/c1-8-6-7-11(12)10-5-3-2-4-9(8)10;1-2(3)4/h2-7H,1H3;1H3,(H,3,4)/p-1. The van der Waals surface area contributed by atoms with Gasteiger partial charge in [-0.15, -0.1) is 0 Å². The summed E-state index contributed by atoms with van der Waals surface area (Å²) in [5.41, 5.74) is 1.33. The minimum Gasteiger partial charge on any atom is -0.550 e. The number of aryl methyl sites for hydroxylation is 1. The molecule has 0 heterocycles. The Balaban J connectivity index is 0.000000280. The van der Waals surface area contributed by atoms with Crippen molar-refractivity contribution in [2.75, 3.05) is 0 Å². The highest BCUT2D eigenvalue weighted by Gasteiger charge is 1.98. The molecule has 0 bridgehead atoms. The summed E-state index contributed by atoms with van der Waals surface area (Å²) in [5.74, 6) is -1.08. The Morgan fingerprint density at radius 3 is 2.12 bits per heavy atom. The Morgan fingerprint density at radius 2 is 1.62 bits per heavy atom. The number of halogens is 1. The molecule has 2 aromatic carbocycles. The summed E-state index contributed by atoms with van der Waals surface area (Å²) in [5, 5.41) is 11.5. The first kappa shape index (κ1) is 12.7. The molecule has 0 fully saturated rings. The lowest BCUT2D eigenvalue weighted by Gasteiger charge is -2.02. The van der Waals surface area contributed by atoms with Gasteiger partial charge in [-0.3, -0.25) is 0 Å². The number of carboxylic acid groups (broad SMARTS) is 1. The molecule has 2 nitrogen and oxygen atoms in total. The SMILES string of the molecule is CC(=O)[O-].Cc1ccc(Br)c2ccccc12. The number of hydrogen-bond donors (Lipinski definition) is 0. The van der Waals surface area contributed by atoms with Crippen LogP contribution in [-0.2, 0) is 4.79 Å². The van der Waals surface area contributed by atoms with E-state index in [2.05, 4.69) is 59.3 Å². The molecule has 0 aliphatic heterocycles. The van der Waals surface area contributed by atoms with E-state index in [9.17, 15) is 0 Å². The monoisotopic (exact) mass is 279 g/mol. The van der Waals surface area contributed by atoms with Crippen molar-refractivity contribution < 1.29 is 9.90 Å². The normalized spacial score (nSPS) is 9.44. The van der Waals surface area contributed by atoms with Gasteiger partial charge in [0.2, 0.25) is 0 Å². The van der Waals surface area contributed by atoms with E-state index in [1.54, 1.807) is 0 Å². The summed E-state index contributed by atoms with van der Waals surface area (Å²) in [7, 11) is 0. The average molecular weight is 280 g/mol.